The summed E-state index contributed by atoms with van der Waals surface area (Å²) in [6.07, 6.45) is 0. The molecule has 40 heavy (non-hydrogen) atoms. The Morgan fingerprint density at radius 1 is 0.525 bits per heavy atom. The molecular weight excluding hydrogens is 484 g/mol. The van der Waals surface area contributed by atoms with Crippen LogP contribution in [0, 0.1) is 0 Å². The minimum atomic E-state index is -0.411. The van der Waals surface area contributed by atoms with Gasteiger partial charge in [0.2, 0.25) is 0 Å². The third-order valence-electron chi connectivity index (χ3n) is 7.62. The van der Waals surface area contributed by atoms with Gasteiger partial charge in [-0.15, -0.1) is 0 Å². The Hall–Kier alpha value is -5.34. The molecular formula is C38H26N2. The zero-order valence-corrected chi connectivity index (χ0v) is 21.5. The number of hydrogen-bond acceptors (Lipinski definition) is 1. The van der Waals surface area contributed by atoms with Crippen LogP contribution in [0.15, 0.2) is 152 Å². The fourth-order valence-corrected chi connectivity index (χ4v) is 5.90. The van der Waals surface area contributed by atoms with Crippen molar-refractivity contribution in [1.29, 1.82) is 0 Å². The fraction of sp³-hybridized carbons (Fsp3) is 0. The summed E-state index contributed by atoms with van der Waals surface area (Å²) in [5, 5.41) is 9.72. The summed E-state index contributed by atoms with van der Waals surface area (Å²) in [4.78, 5) is 0. The van der Waals surface area contributed by atoms with Crippen LogP contribution >= 0.6 is 0 Å². The van der Waals surface area contributed by atoms with Crippen LogP contribution < -0.4 is 5.32 Å². The molecule has 2 heteroatoms. The number of fused-ring (bicyclic) bond motifs is 7. The van der Waals surface area contributed by atoms with E-state index in [1.165, 1.54) is 0 Å². The predicted octanol–water partition coefficient (Wildman–Crippen LogP) is 10.5. The van der Waals surface area contributed by atoms with Crippen molar-refractivity contribution in [2.45, 2.75) is 0 Å². The summed E-state index contributed by atoms with van der Waals surface area (Å²) in [5.74, 6) is 0. The molecule has 0 aliphatic rings. The van der Waals surface area contributed by atoms with E-state index >= 15 is 0 Å². The summed E-state index contributed by atoms with van der Waals surface area (Å²) in [7, 11) is 0. The van der Waals surface area contributed by atoms with Crippen LogP contribution in [0.1, 0.15) is 6.85 Å². The summed E-state index contributed by atoms with van der Waals surface area (Å²) in [6.45, 7) is 0. The average molecular weight is 516 g/mol. The monoisotopic (exact) mass is 515 g/mol. The van der Waals surface area contributed by atoms with Crippen molar-refractivity contribution in [3.05, 3.63) is 152 Å². The van der Waals surface area contributed by atoms with E-state index in [2.05, 4.69) is 53.8 Å². The lowest BCUT2D eigenvalue weighted by atomic mass is 9.98. The third kappa shape index (κ3) is 3.58. The molecule has 0 saturated carbocycles. The molecule has 0 bridgehead atoms. The number of nitrogens with one attached hydrogen (secondary N) is 1. The standard InChI is InChI=1S/C38H26N2/c1-3-12-26(13-4-1)28-15-11-16-29(24-28)39-34-25-36-38(33-21-10-9-20-32(33)34)37-31-19-8-7-14-27(31)22-23-35(37)40(36)30-17-5-2-6-18-30/h1-25,39H/i2D,5D,6D,17D,18D. The van der Waals surface area contributed by atoms with Crippen molar-refractivity contribution in [2.75, 3.05) is 5.32 Å². The van der Waals surface area contributed by atoms with Gasteiger partial charge in [0.25, 0.3) is 0 Å². The third-order valence-corrected chi connectivity index (χ3v) is 7.62. The Labute approximate surface area is 239 Å². The summed E-state index contributed by atoms with van der Waals surface area (Å²) < 4.78 is 44.8. The molecule has 8 aromatic rings. The highest BCUT2D eigenvalue weighted by Crippen LogP contribution is 2.43. The Kier molecular flexibility index (Phi) is 4.12. The van der Waals surface area contributed by atoms with Crippen LogP contribution in [0.4, 0.5) is 11.4 Å². The van der Waals surface area contributed by atoms with Crippen molar-refractivity contribution in [3.63, 3.8) is 0 Å². The van der Waals surface area contributed by atoms with Crippen molar-refractivity contribution < 1.29 is 6.85 Å². The molecule has 0 saturated heterocycles. The van der Waals surface area contributed by atoms with Gasteiger partial charge in [-0.3, -0.25) is 0 Å². The molecule has 1 N–H and O–H groups in total. The van der Waals surface area contributed by atoms with Crippen LogP contribution in [0.5, 0.6) is 0 Å². The maximum Gasteiger partial charge on any atom is 0.0645 e. The molecule has 0 atom stereocenters. The first-order valence-corrected chi connectivity index (χ1v) is 13.3. The molecule has 1 aromatic heterocycles. The number of rotatable bonds is 4. The second-order valence-electron chi connectivity index (χ2n) is 9.93. The Bertz CT molecular complexity index is 2440. The van der Waals surface area contributed by atoms with E-state index in [-0.39, 0.29) is 29.9 Å². The number of nitrogens with zero attached hydrogens (tertiary/aromatic N) is 1. The van der Waals surface area contributed by atoms with Gasteiger partial charge in [0.05, 0.1) is 17.9 Å². The minimum Gasteiger partial charge on any atom is -0.355 e. The van der Waals surface area contributed by atoms with Crippen LogP contribution in [0.25, 0.3) is 60.2 Å². The molecule has 0 radical (unpaired) electrons. The molecule has 7 aromatic carbocycles. The van der Waals surface area contributed by atoms with Crippen molar-refractivity contribution in [3.8, 4) is 16.8 Å². The van der Waals surface area contributed by atoms with E-state index < -0.39 is 6.04 Å². The first kappa shape index (κ1) is 18.0. The molecule has 0 spiro atoms. The second kappa shape index (κ2) is 9.14. The van der Waals surface area contributed by atoms with Crippen LogP contribution in [-0.4, -0.2) is 4.57 Å². The van der Waals surface area contributed by atoms with Gasteiger partial charge in [0.1, 0.15) is 0 Å². The van der Waals surface area contributed by atoms with Crippen LogP contribution in [-0.2, 0) is 0 Å². The summed E-state index contributed by atoms with van der Waals surface area (Å²) in [6, 6.07) is 39.3. The molecule has 0 aliphatic carbocycles. The predicted molar refractivity (Wildman–Crippen MR) is 171 cm³/mol. The van der Waals surface area contributed by atoms with E-state index in [9.17, 15) is 0 Å². The van der Waals surface area contributed by atoms with Gasteiger partial charge in [-0.25, -0.2) is 0 Å². The number of hydrogen-bond donors (Lipinski definition) is 1. The van der Waals surface area contributed by atoms with Gasteiger partial charge in [-0.1, -0.05) is 115 Å². The van der Waals surface area contributed by atoms with E-state index in [1.54, 1.807) is 0 Å². The number of aromatic nitrogens is 1. The SMILES string of the molecule is [2H]c1c([2H])c([2H])c(-n2c3ccc4ccccc4c3c3c4ccccc4c(Nc4cccc(-c5ccccc5)c4)cc32)c([2H])c1[2H]. The van der Waals surface area contributed by atoms with Crippen molar-refractivity contribution >= 4 is 54.7 Å². The average Bonchev–Trinajstić information content (AvgIpc) is 3.41. The minimum absolute atomic E-state index is 0.128. The number of anilines is 2. The highest BCUT2D eigenvalue weighted by Gasteiger charge is 2.19. The van der Waals surface area contributed by atoms with E-state index in [0.29, 0.717) is 0 Å². The van der Waals surface area contributed by atoms with Gasteiger partial charge in [0.15, 0.2) is 0 Å². The van der Waals surface area contributed by atoms with Crippen molar-refractivity contribution in [2.24, 2.45) is 0 Å². The Morgan fingerprint density at radius 2 is 1.23 bits per heavy atom. The Morgan fingerprint density at radius 3 is 2.08 bits per heavy atom. The first-order chi connectivity index (χ1) is 21.9. The lowest BCUT2D eigenvalue weighted by Crippen LogP contribution is -1.96. The molecule has 1 heterocycles. The smallest absolute Gasteiger partial charge is 0.0645 e. The maximum absolute atomic E-state index is 8.92. The number of benzene rings is 7. The first-order valence-electron chi connectivity index (χ1n) is 15.8. The molecule has 188 valence electrons. The van der Waals surface area contributed by atoms with Gasteiger partial charge in [-0.05, 0) is 63.6 Å². The second-order valence-corrected chi connectivity index (χ2v) is 9.93. The zero-order valence-electron chi connectivity index (χ0n) is 26.5. The highest BCUT2D eigenvalue weighted by atomic mass is 15.0. The topological polar surface area (TPSA) is 17.0 Å². The quantitative estimate of drug-likeness (QED) is 0.247. The van der Waals surface area contributed by atoms with Gasteiger partial charge in [-0.2, -0.15) is 0 Å². The van der Waals surface area contributed by atoms with Gasteiger partial charge < -0.3 is 9.88 Å². The summed E-state index contributed by atoms with van der Waals surface area (Å²) >= 11 is 0. The Balaban J connectivity index is 1.49. The molecule has 0 unspecified atom stereocenters. The van der Waals surface area contributed by atoms with Gasteiger partial charge in [0, 0.05) is 33.2 Å². The largest absolute Gasteiger partial charge is 0.355 e. The van der Waals surface area contributed by atoms with Crippen LogP contribution in [0.3, 0.4) is 0 Å². The van der Waals surface area contributed by atoms with Crippen LogP contribution in [0.2, 0.25) is 0 Å². The maximum atomic E-state index is 8.92. The van der Waals surface area contributed by atoms with E-state index in [4.69, 9.17) is 6.85 Å². The normalized spacial score (nSPS) is 13.2. The molecule has 8 rings (SSSR count). The molecule has 2 nitrogen and oxygen atoms in total. The van der Waals surface area contributed by atoms with E-state index in [0.717, 1.165) is 65.9 Å². The molecule has 0 amide bonds. The summed E-state index contributed by atoms with van der Waals surface area (Å²) in [5.41, 5.74) is 5.63. The number of para-hydroxylation sites is 1. The molecule has 0 aliphatic heterocycles. The lowest BCUT2D eigenvalue weighted by Gasteiger charge is -2.14. The van der Waals surface area contributed by atoms with Crippen molar-refractivity contribution in [1.82, 2.24) is 4.57 Å². The lowest BCUT2D eigenvalue weighted by molar-refractivity contribution is 1.18. The van der Waals surface area contributed by atoms with Gasteiger partial charge >= 0.3 is 0 Å². The van der Waals surface area contributed by atoms with E-state index in [1.807, 2.05) is 77.4 Å². The zero-order chi connectivity index (χ0) is 30.8. The molecule has 0 fully saturated rings. The highest BCUT2D eigenvalue weighted by molar-refractivity contribution is 6.30. The fourth-order valence-electron chi connectivity index (χ4n) is 5.90.